The minimum atomic E-state index is 0.443. The smallest absolute Gasteiger partial charge is 0.126 e. The maximum absolute atomic E-state index is 5.43. The van der Waals surface area contributed by atoms with E-state index in [1.165, 1.54) is 0 Å². The van der Waals surface area contributed by atoms with Crippen molar-refractivity contribution in [1.29, 1.82) is 0 Å². The minimum absolute atomic E-state index is 0.443. The summed E-state index contributed by atoms with van der Waals surface area (Å²) in [7, 11) is 0. The molecule has 0 aliphatic carbocycles. The number of hydrogen-bond donors (Lipinski definition) is 2. The van der Waals surface area contributed by atoms with Crippen LogP contribution in [-0.2, 0) is 0 Å². The number of pyridine rings is 1. The first-order valence-electron chi connectivity index (χ1n) is 4.70. The third-order valence-electron chi connectivity index (χ3n) is 1.90. The molecule has 0 radical (unpaired) electrons. The molecule has 3 nitrogen and oxygen atoms in total. The first kappa shape index (κ1) is 9.99. The number of nitrogens with zero attached hydrogens (tertiary/aromatic N) is 1. The normalized spacial score (nSPS) is 12.5. The Kier molecular flexibility index (Phi) is 4.26. The van der Waals surface area contributed by atoms with Gasteiger partial charge in [0.25, 0.3) is 0 Å². The second-order valence-electron chi connectivity index (χ2n) is 3.19. The molecule has 0 aliphatic heterocycles. The summed E-state index contributed by atoms with van der Waals surface area (Å²) >= 11 is 0. The van der Waals surface area contributed by atoms with E-state index in [-0.39, 0.29) is 0 Å². The van der Waals surface area contributed by atoms with Gasteiger partial charge in [-0.25, -0.2) is 4.98 Å². The Hall–Kier alpha value is -1.09. The van der Waals surface area contributed by atoms with Gasteiger partial charge in [0.05, 0.1) is 0 Å². The van der Waals surface area contributed by atoms with Crippen LogP contribution in [0.1, 0.15) is 19.8 Å². The molecule has 1 atom stereocenters. The Labute approximate surface area is 79.4 Å². The van der Waals surface area contributed by atoms with Crippen LogP contribution < -0.4 is 11.1 Å². The fourth-order valence-electron chi connectivity index (χ4n) is 1.20. The Morgan fingerprint density at radius 2 is 2.38 bits per heavy atom. The molecule has 0 aliphatic rings. The van der Waals surface area contributed by atoms with E-state index in [9.17, 15) is 0 Å². The number of anilines is 1. The molecule has 0 fully saturated rings. The maximum Gasteiger partial charge on any atom is 0.126 e. The van der Waals surface area contributed by atoms with Crippen molar-refractivity contribution < 1.29 is 0 Å². The molecule has 1 rings (SSSR count). The second kappa shape index (κ2) is 5.54. The summed E-state index contributed by atoms with van der Waals surface area (Å²) in [5.41, 5.74) is 5.43. The van der Waals surface area contributed by atoms with E-state index in [0.717, 1.165) is 25.2 Å². The van der Waals surface area contributed by atoms with Gasteiger partial charge >= 0.3 is 0 Å². The van der Waals surface area contributed by atoms with Crippen molar-refractivity contribution in [3.05, 3.63) is 24.4 Å². The van der Waals surface area contributed by atoms with E-state index in [1.807, 2.05) is 18.2 Å². The second-order valence-corrected chi connectivity index (χ2v) is 3.19. The van der Waals surface area contributed by atoms with Crippen molar-refractivity contribution >= 4 is 5.82 Å². The predicted octanol–water partition coefficient (Wildman–Crippen LogP) is 1.62. The average molecular weight is 179 g/mol. The highest BCUT2D eigenvalue weighted by molar-refractivity contribution is 5.33. The molecule has 0 saturated carbocycles. The maximum atomic E-state index is 5.43. The molecular weight excluding hydrogens is 162 g/mol. The quantitative estimate of drug-likeness (QED) is 0.722. The molecule has 3 heteroatoms. The van der Waals surface area contributed by atoms with Gasteiger partial charge in [-0.3, -0.25) is 0 Å². The summed E-state index contributed by atoms with van der Waals surface area (Å²) in [6, 6.07) is 6.30. The standard InChI is InChI=1S/C10H17N3/c1-9(5-4-7-11)13-10-6-2-3-8-12-10/h2-3,6,8-9H,4-5,7,11H2,1H3,(H,12,13). The van der Waals surface area contributed by atoms with Crippen molar-refractivity contribution in [2.45, 2.75) is 25.8 Å². The Morgan fingerprint density at radius 3 is 3.00 bits per heavy atom. The molecule has 1 unspecified atom stereocenters. The van der Waals surface area contributed by atoms with Crippen molar-refractivity contribution in [1.82, 2.24) is 4.98 Å². The SMILES string of the molecule is CC(CCCN)Nc1ccccn1. The third-order valence-corrected chi connectivity index (χ3v) is 1.90. The van der Waals surface area contributed by atoms with Crippen LogP contribution in [0.15, 0.2) is 24.4 Å². The first-order valence-corrected chi connectivity index (χ1v) is 4.70. The molecule has 0 amide bonds. The molecule has 0 saturated heterocycles. The van der Waals surface area contributed by atoms with Crippen molar-refractivity contribution in [3.63, 3.8) is 0 Å². The van der Waals surface area contributed by atoms with Gasteiger partial charge in [0.15, 0.2) is 0 Å². The van der Waals surface area contributed by atoms with Gasteiger partial charge in [-0.2, -0.15) is 0 Å². The van der Waals surface area contributed by atoms with Gasteiger partial charge in [0.2, 0.25) is 0 Å². The lowest BCUT2D eigenvalue weighted by Crippen LogP contribution is -2.17. The molecule has 0 spiro atoms. The summed E-state index contributed by atoms with van der Waals surface area (Å²) in [5, 5.41) is 3.31. The summed E-state index contributed by atoms with van der Waals surface area (Å²) < 4.78 is 0. The van der Waals surface area contributed by atoms with Crippen molar-refractivity contribution in [2.24, 2.45) is 5.73 Å². The largest absolute Gasteiger partial charge is 0.368 e. The molecule has 1 aromatic rings. The number of rotatable bonds is 5. The van der Waals surface area contributed by atoms with E-state index in [0.29, 0.717) is 6.04 Å². The van der Waals surface area contributed by atoms with E-state index >= 15 is 0 Å². The zero-order valence-corrected chi connectivity index (χ0v) is 8.03. The predicted molar refractivity (Wildman–Crippen MR) is 55.6 cm³/mol. The van der Waals surface area contributed by atoms with Crippen LogP contribution in [0.3, 0.4) is 0 Å². The van der Waals surface area contributed by atoms with Gasteiger partial charge in [-0.05, 0) is 38.4 Å². The highest BCUT2D eigenvalue weighted by Crippen LogP contribution is 2.05. The van der Waals surface area contributed by atoms with Crippen LogP contribution in [0.5, 0.6) is 0 Å². The molecule has 1 heterocycles. The van der Waals surface area contributed by atoms with E-state index in [4.69, 9.17) is 5.73 Å². The molecular formula is C10H17N3. The molecule has 1 aromatic heterocycles. The van der Waals surface area contributed by atoms with Crippen LogP contribution in [-0.4, -0.2) is 17.6 Å². The van der Waals surface area contributed by atoms with Gasteiger partial charge in [0, 0.05) is 12.2 Å². The zero-order valence-electron chi connectivity index (χ0n) is 8.03. The zero-order chi connectivity index (χ0) is 9.52. The van der Waals surface area contributed by atoms with Gasteiger partial charge in [-0.15, -0.1) is 0 Å². The molecule has 72 valence electrons. The van der Waals surface area contributed by atoms with Gasteiger partial charge in [0.1, 0.15) is 5.82 Å². The summed E-state index contributed by atoms with van der Waals surface area (Å²) in [4.78, 5) is 4.18. The molecule has 3 N–H and O–H groups in total. The minimum Gasteiger partial charge on any atom is -0.368 e. The summed E-state index contributed by atoms with van der Waals surface area (Å²) in [6.07, 6.45) is 3.94. The molecule has 0 bridgehead atoms. The van der Waals surface area contributed by atoms with E-state index in [2.05, 4.69) is 17.2 Å². The van der Waals surface area contributed by atoms with Crippen LogP contribution in [0.25, 0.3) is 0 Å². The summed E-state index contributed by atoms with van der Waals surface area (Å²) in [5.74, 6) is 0.937. The highest BCUT2D eigenvalue weighted by atomic mass is 15.0. The number of aromatic nitrogens is 1. The van der Waals surface area contributed by atoms with Crippen LogP contribution in [0.4, 0.5) is 5.82 Å². The summed E-state index contributed by atoms with van der Waals surface area (Å²) in [6.45, 7) is 2.90. The number of hydrogen-bond acceptors (Lipinski definition) is 3. The molecule has 0 aromatic carbocycles. The van der Waals surface area contributed by atoms with E-state index < -0.39 is 0 Å². The van der Waals surface area contributed by atoms with Gasteiger partial charge in [-0.1, -0.05) is 6.07 Å². The Morgan fingerprint density at radius 1 is 1.54 bits per heavy atom. The lowest BCUT2D eigenvalue weighted by atomic mass is 10.2. The monoisotopic (exact) mass is 179 g/mol. The van der Waals surface area contributed by atoms with Crippen molar-refractivity contribution in [2.75, 3.05) is 11.9 Å². The fraction of sp³-hybridized carbons (Fsp3) is 0.500. The van der Waals surface area contributed by atoms with Crippen LogP contribution >= 0.6 is 0 Å². The molecule has 13 heavy (non-hydrogen) atoms. The van der Waals surface area contributed by atoms with E-state index in [1.54, 1.807) is 6.20 Å². The third kappa shape index (κ3) is 3.90. The lowest BCUT2D eigenvalue weighted by Gasteiger charge is -2.13. The fourth-order valence-corrected chi connectivity index (χ4v) is 1.20. The van der Waals surface area contributed by atoms with Crippen molar-refractivity contribution in [3.8, 4) is 0 Å². The highest BCUT2D eigenvalue weighted by Gasteiger charge is 2.00. The first-order chi connectivity index (χ1) is 6.33. The topological polar surface area (TPSA) is 50.9 Å². The van der Waals surface area contributed by atoms with Crippen LogP contribution in [0.2, 0.25) is 0 Å². The van der Waals surface area contributed by atoms with Crippen LogP contribution in [0, 0.1) is 0 Å². The Balaban J connectivity index is 2.32. The van der Waals surface area contributed by atoms with Gasteiger partial charge < -0.3 is 11.1 Å². The number of nitrogens with one attached hydrogen (secondary N) is 1. The number of nitrogens with two attached hydrogens (primary N) is 1. The lowest BCUT2D eigenvalue weighted by molar-refractivity contribution is 0.661. The Bertz CT molecular complexity index is 223. The average Bonchev–Trinajstić information content (AvgIpc) is 2.16.